The fourth-order valence-corrected chi connectivity index (χ4v) is 2.82. The quantitative estimate of drug-likeness (QED) is 0.881. The minimum atomic E-state index is -0.627. The molecule has 0 spiro atoms. The normalized spacial score (nSPS) is 25.1. The zero-order valence-corrected chi connectivity index (χ0v) is 11.6. The van der Waals surface area contributed by atoms with E-state index in [1.165, 1.54) is 0 Å². The molecule has 1 unspecified atom stereocenters. The molecule has 1 atom stereocenters. The van der Waals surface area contributed by atoms with Gasteiger partial charge in [-0.3, -0.25) is 0 Å². The second-order valence-corrected chi connectivity index (χ2v) is 5.87. The SMILES string of the molecule is CC1(O)CCCN(c2ccc(Br)cc2CO)C1. The van der Waals surface area contributed by atoms with Crippen LogP contribution in [-0.4, -0.2) is 28.9 Å². The molecule has 0 aliphatic carbocycles. The summed E-state index contributed by atoms with van der Waals surface area (Å²) in [4.78, 5) is 2.15. The highest BCUT2D eigenvalue weighted by Crippen LogP contribution is 2.30. The van der Waals surface area contributed by atoms with Gasteiger partial charge in [0.15, 0.2) is 0 Å². The summed E-state index contributed by atoms with van der Waals surface area (Å²) in [7, 11) is 0. The van der Waals surface area contributed by atoms with E-state index in [4.69, 9.17) is 0 Å². The average molecular weight is 300 g/mol. The standard InChI is InChI=1S/C13H18BrNO2/c1-13(17)5-2-6-15(9-13)12-4-3-11(14)7-10(12)8-16/h3-4,7,16-17H,2,5-6,8-9H2,1H3. The van der Waals surface area contributed by atoms with Crippen molar-refractivity contribution in [1.82, 2.24) is 0 Å². The molecule has 4 heteroatoms. The second kappa shape index (κ2) is 4.96. The Labute approximate surface area is 110 Å². The van der Waals surface area contributed by atoms with E-state index in [1.54, 1.807) is 0 Å². The Morgan fingerprint density at radius 2 is 2.24 bits per heavy atom. The molecular weight excluding hydrogens is 282 g/mol. The number of aliphatic hydroxyl groups excluding tert-OH is 1. The second-order valence-electron chi connectivity index (χ2n) is 4.95. The first-order valence-electron chi connectivity index (χ1n) is 5.88. The van der Waals surface area contributed by atoms with Gasteiger partial charge in [-0.2, -0.15) is 0 Å². The molecule has 1 heterocycles. The lowest BCUT2D eigenvalue weighted by Gasteiger charge is -2.39. The smallest absolute Gasteiger partial charge is 0.0794 e. The number of nitrogens with zero attached hydrogens (tertiary/aromatic N) is 1. The Bertz CT molecular complexity index is 406. The molecule has 94 valence electrons. The van der Waals surface area contributed by atoms with Gasteiger partial charge in [-0.1, -0.05) is 15.9 Å². The summed E-state index contributed by atoms with van der Waals surface area (Å²) < 4.78 is 0.967. The maximum Gasteiger partial charge on any atom is 0.0794 e. The summed E-state index contributed by atoms with van der Waals surface area (Å²) in [5.74, 6) is 0. The molecule has 17 heavy (non-hydrogen) atoms. The van der Waals surface area contributed by atoms with Crippen molar-refractivity contribution in [3.63, 3.8) is 0 Å². The van der Waals surface area contributed by atoms with Crippen LogP contribution in [0.3, 0.4) is 0 Å². The fourth-order valence-electron chi connectivity index (χ4n) is 2.41. The monoisotopic (exact) mass is 299 g/mol. The van der Waals surface area contributed by atoms with Gasteiger partial charge in [-0.25, -0.2) is 0 Å². The molecule has 0 aromatic heterocycles. The topological polar surface area (TPSA) is 43.7 Å². The maximum absolute atomic E-state index is 10.1. The Balaban J connectivity index is 2.27. The third-order valence-corrected chi connectivity index (χ3v) is 3.72. The lowest BCUT2D eigenvalue weighted by atomic mass is 9.94. The van der Waals surface area contributed by atoms with Gasteiger partial charge >= 0.3 is 0 Å². The van der Waals surface area contributed by atoms with Crippen LogP contribution in [0.5, 0.6) is 0 Å². The molecule has 0 radical (unpaired) electrons. The Hall–Kier alpha value is -0.580. The number of piperidine rings is 1. The van der Waals surface area contributed by atoms with Crippen LogP contribution in [-0.2, 0) is 6.61 Å². The highest BCUT2D eigenvalue weighted by atomic mass is 79.9. The number of aliphatic hydroxyl groups is 2. The van der Waals surface area contributed by atoms with E-state index in [1.807, 2.05) is 25.1 Å². The minimum absolute atomic E-state index is 0.0212. The third kappa shape index (κ3) is 3.00. The van der Waals surface area contributed by atoms with E-state index in [0.29, 0.717) is 6.54 Å². The summed E-state index contributed by atoms with van der Waals surface area (Å²) in [5, 5.41) is 19.5. The average Bonchev–Trinajstić information content (AvgIpc) is 2.27. The number of β-amino-alcohol motifs (C(OH)–C–C–N with tert-alkyl or cyclic N) is 1. The number of benzene rings is 1. The van der Waals surface area contributed by atoms with Crippen LogP contribution in [0.25, 0.3) is 0 Å². The van der Waals surface area contributed by atoms with E-state index in [9.17, 15) is 10.2 Å². The lowest BCUT2D eigenvalue weighted by molar-refractivity contribution is 0.0448. The van der Waals surface area contributed by atoms with Crippen molar-refractivity contribution in [3.8, 4) is 0 Å². The van der Waals surface area contributed by atoms with Crippen LogP contribution >= 0.6 is 15.9 Å². The van der Waals surface area contributed by atoms with Crippen LogP contribution in [0.1, 0.15) is 25.3 Å². The molecule has 1 fully saturated rings. The van der Waals surface area contributed by atoms with Gasteiger partial charge in [-0.05, 0) is 38.0 Å². The van der Waals surface area contributed by atoms with E-state index < -0.39 is 5.60 Å². The molecule has 0 saturated carbocycles. The summed E-state index contributed by atoms with van der Waals surface area (Å²) in [6.45, 7) is 3.45. The Morgan fingerprint density at radius 3 is 2.88 bits per heavy atom. The highest BCUT2D eigenvalue weighted by Gasteiger charge is 2.29. The first-order chi connectivity index (χ1) is 8.02. The first-order valence-corrected chi connectivity index (χ1v) is 6.68. The predicted octanol–water partition coefficient (Wildman–Crippen LogP) is 2.29. The number of hydrogen-bond donors (Lipinski definition) is 2. The van der Waals surface area contributed by atoms with Crippen LogP contribution in [0.15, 0.2) is 22.7 Å². The van der Waals surface area contributed by atoms with Crippen molar-refractivity contribution in [2.45, 2.75) is 32.0 Å². The van der Waals surface area contributed by atoms with Crippen LogP contribution in [0.2, 0.25) is 0 Å². The van der Waals surface area contributed by atoms with Gasteiger partial charge in [-0.15, -0.1) is 0 Å². The predicted molar refractivity (Wildman–Crippen MR) is 72.1 cm³/mol. The van der Waals surface area contributed by atoms with E-state index >= 15 is 0 Å². The number of rotatable bonds is 2. The van der Waals surface area contributed by atoms with Gasteiger partial charge < -0.3 is 15.1 Å². The van der Waals surface area contributed by atoms with Crippen molar-refractivity contribution in [2.24, 2.45) is 0 Å². The van der Waals surface area contributed by atoms with E-state index in [2.05, 4.69) is 20.8 Å². The van der Waals surface area contributed by atoms with Crippen molar-refractivity contribution >= 4 is 21.6 Å². The molecule has 2 rings (SSSR count). The third-order valence-electron chi connectivity index (χ3n) is 3.23. The number of hydrogen-bond acceptors (Lipinski definition) is 3. The van der Waals surface area contributed by atoms with Gasteiger partial charge in [0.25, 0.3) is 0 Å². The summed E-state index contributed by atoms with van der Waals surface area (Å²) in [6.07, 6.45) is 1.82. The van der Waals surface area contributed by atoms with Crippen molar-refractivity contribution in [3.05, 3.63) is 28.2 Å². The molecule has 2 N–H and O–H groups in total. The molecule has 1 aliphatic rings. The van der Waals surface area contributed by atoms with Crippen LogP contribution < -0.4 is 4.90 Å². The molecule has 3 nitrogen and oxygen atoms in total. The van der Waals surface area contributed by atoms with Crippen molar-refractivity contribution in [1.29, 1.82) is 0 Å². The zero-order chi connectivity index (χ0) is 12.5. The minimum Gasteiger partial charge on any atom is -0.392 e. The molecule has 0 bridgehead atoms. The van der Waals surface area contributed by atoms with Gasteiger partial charge in [0.1, 0.15) is 0 Å². The Morgan fingerprint density at radius 1 is 1.47 bits per heavy atom. The molecule has 0 amide bonds. The largest absolute Gasteiger partial charge is 0.392 e. The number of halogens is 1. The van der Waals surface area contributed by atoms with Crippen LogP contribution in [0, 0.1) is 0 Å². The molecule has 1 saturated heterocycles. The fraction of sp³-hybridized carbons (Fsp3) is 0.538. The number of anilines is 1. The van der Waals surface area contributed by atoms with Gasteiger partial charge in [0.2, 0.25) is 0 Å². The summed E-state index contributed by atoms with van der Waals surface area (Å²) >= 11 is 3.40. The van der Waals surface area contributed by atoms with E-state index in [-0.39, 0.29) is 6.61 Å². The van der Waals surface area contributed by atoms with Crippen molar-refractivity contribution in [2.75, 3.05) is 18.0 Å². The molecule has 1 aromatic carbocycles. The first kappa shape index (κ1) is 12.9. The molecule has 1 aromatic rings. The molecular formula is C13H18BrNO2. The molecule has 1 aliphatic heterocycles. The van der Waals surface area contributed by atoms with Gasteiger partial charge in [0.05, 0.1) is 12.2 Å². The van der Waals surface area contributed by atoms with Gasteiger partial charge in [0, 0.05) is 28.8 Å². The Kier molecular flexibility index (Phi) is 3.76. The van der Waals surface area contributed by atoms with E-state index in [0.717, 1.165) is 35.1 Å². The zero-order valence-electron chi connectivity index (χ0n) is 9.99. The lowest BCUT2D eigenvalue weighted by Crippen LogP contribution is -2.46. The summed E-state index contributed by atoms with van der Waals surface area (Å²) in [5.41, 5.74) is 1.30. The summed E-state index contributed by atoms with van der Waals surface area (Å²) in [6, 6.07) is 5.90. The highest BCUT2D eigenvalue weighted by molar-refractivity contribution is 9.10. The van der Waals surface area contributed by atoms with Crippen molar-refractivity contribution < 1.29 is 10.2 Å². The van der Waals surface area contributed by atoms with Crippen LogP contribution in [0.4, 0.5) is 5.69 Å². The maximum atomic E-state index is 10.1.